The number of fused-ring (bicyclic) bond motifs is 4. The molecule has 0 saturated carbocycles. The number of aromatic nitrogens is 3. The first-order valence-corrected chi connectivity index (χ1v) is 11.0. The van der Waals surface area contributed by atoms with Crippen LogP contribution in [0.4, 0.5) is 0 Å². The van der Waals surface area contributed by atoms with Crippen LogP contribution in [0.1, 0.15) is 58.3 Å². The van der Waals surface area contributed by atoms with Crippen molar-refractivity contribution in [1.82, 2.24) is 14.5 Å². The molecule has 2 aromatic heterocycles. The highest BCUT2D eigenvalue weighted by molar-refractivity contribution is 6.31. The quantitative estimate of drug-likeness (QED) is 0.275. The molecule has 0 aliphatic heterocycles. The van der Waals surface area contributed by atoms with E-state index in [2.05, 4.69) is 17.6 Å². The van der Waals surface area contributed by atoms with Gasteiger partial charge in [-0.05, 0) is 36.8 Å². The molecule has 0 aliphatic carbocycles. The molecule has 0 amide bonds. The van der Waals surface area contributed by atoms with Crippen LogP contribution in [0.25, 0.3) is 33.1 Å². The predicted octanol–water partition coefficient (Wildman–Crippen LogP) is 7.53. The van der Waals surface area contributed by atoms with Crippen molar-refractivity contribution >= 4 is 44.7 Å². The fraction of sp³-hybridized carbons (Fsp3) is 0.417. The summed E-state index contributed by atoms with van der Waals surface area (Å²) in [7, 11) is 0. The van der Waals surface area contributed by atoms with E-state index >= 15 is 0 Å². The Balaban J connectivity index is 1.58. The first-order valence-electron chi connectivity index (χ1n) is 10.6. The van der Waals surface area contributed by atoms with E-state index in [1.807, 2.05) is 36.4 Å². The summed E-state index contributed by atoms with van der Waals surface area (Å²) in [6, 6.07) is 14.2. The van der Waals surface area contributed by atoms with E-state index in [0.717, 1.165) is 39.2 Å². The molecule has 4 rings (SSSR count). The van der Waals surface area contributed by atoms with Crippen LogP contribution in [-0.4, -0.2) is 14.5 Å². The van der Waals surface area contributed by atoms with Gasteiger partial charge in [0.15, 0.2) is 5.65 Å². The summed E-state index contributed by atoms with van der Waals surface area (Å²) in [5.74, 6) is 0. The molecular formula is C24H28ClN3. The van der Waals surface area contributed by atoms with Gasteiger partial charge in [-0.15, -0.1) is 0 Å². The van der Waals surface area contributed by atoms with Gasteiger partial charge in [0.2, 0.25) is 0 Å². The van der Waals surface area contributed by atoms with Gasteiger partial charge in [0.05, 0.1) is 16.6 Å². The third-order valence-electron chi connectivity index (χ3n) is 5.55. The summed E-state index contributed by atoms with van der Waals surface area (Å²) in [5.41, 5.74) is 4.98. The average molecular weight is 394 g/mol. The Bertz CT molecular complexity index is 1080. The Kier molecular flexibility index (Phi) is 6.11. The first kappa shape index (κ1) is 19.2. The summed E-state index contributed by atoms with van der Waals surface area (Å²) in [6.07, 6.45) is 10.6. The van der Waals surface area contributed by atoms with Crippen molar-refractivity contribution in [3.8, 4) is 0 Å². The topological polar surface area (TPSA) is 30.7 Å². The number of aryl methyl sites for hydroxylation is 1. The zero-order valence-corrected chi connectivity index (χ0v) is 17.4. The third-order valence-corrected chi connectivity index (χ3v) is 5.78. The third kappa shape index (κ3) is 4.00. The largest absolute Gasteiger partial charge is 0.324 e. The molecule has 2 heterocycles. The maximum absolute atomic E-state index is 6.29. The monoisotopic (exact) mass is 393 g/mol. The lowest BCUT2D eigenvalue weighted by Gasteiger charge is -2.07. The van der Waals surface area contributed by atoms with E-state index in [9.17, 15) is 0 Å². The van der Waals surface area contributed by atoms with Crippen LogP contribution in [0.15, 0.2) is 42.5 Å². The number of hydrogen-bond acceptors (Lipinski definition) is 2. The number of halogens is 1. The van der Waals surface area contributed by atoms with E-state index < -0.39 is 0 Å². The smallest absolute Gasteiger partial charge is 0.160 e. The highest BCUT2D eigenvalue weighted by Crippen LogP contribution is 2.30. The fourth-order valence-electron chi connectivity index (χ4n) is 4.04. The van der Waals surface area contributed by atoms with Crippen LogP contribution in [0.2, 0.25) is 5.02 Å². The van der Waals surface area contributed by atoms with Crippen molar-refractivity contribution in [2.24, 2.45) is 0 Å². The number of nitrogens with zero attached hydrogens (tertiary/aromatic N) is 3. The van der Waals surface area contributed by atoms with E-state index in [1.54, 1.807) is 0 Å². The van der Waals surface area contributed by atoms with Gasteiger partial charge in [0.25, 0.3) is 0 Å². The summed E-state index contributed by atoms with van der Waals surface area (Å²) in [5, 5.41) is 1.84. The minimum atomic E-state index is 0.744. The lowest BCUT2D eigenvalue weighted by molar-refractivity contribution is 0.552. The predicted molar refractivity (Wildman–Crippen MR) is 120 cm³/mol. The van der Waals surface area contributed by atoms with Crippen molar-refractivity contribution in [2.45, 2.75) is 64.8 Å². The van der Waals surface area contributed by atoms with Gasteiger partial charge in [-0.2, -0.15) is 0 Å². The standard InChI is InChI=1S/C24H28ClN3/c1-2-3-4-5-6-7-8-11-16-28-22-15-14-18(25)17-19(22)23-24(28)27-21-13-10-9-12-20(21)26-23/h9-10,12-15,17H,2-8,11,16H2,1H3. The molecule has 0 aliphatic rings. The molecule has 0 bridgehead atoms. The van der Waals surface area contributed by atoms with Gasteiger partial charge in [-0.25, -0.2) is 9.97 Å². The molecular weight excluding hydrogens is 366 g/mol. The summed E-state index contributed by atoms with van der Waals surface area (Å²) in [4.78, 5) is 9.86. The zero-order chi connectivity index (χ0) is 19.3. The van der Waals surface area contributed by atoms with Crippen LogP contribution in [0, 0.1) is 0 Å². The minimum Gasteiger partial charge on any atom is -0.324 e. The Morgan fingerprint density at radius 3 is 2.25 bits per heavy atom. The summed E-state index contributed by atoms with van der Waals surface area (Å²) < 4.78 is 2.33. The van der Waals surface area contributed by atoms with Crippen LogP contribution >= 0.6 is 11.6 Å². The van der Waals surface area contributed by atoms with Gasteiger partial charge in [0, 0.05) is 17.0 Å². The first-order chi connectivity index (χ1) is 13.8. The molecule has 146 valence electrons. The molecule has 4 aromatic rings. The number of benzene rings is 2. The van der Waals surface area contributed by atoms with E-state index in [1.165, 1.54) is 56.9 Å². The molecule has 0 fully saturated rings. The summed E-state index contributed by atoms with van der Waals surface area (Å²) >= 11 is 6.29. The van der Waals surface area contributed by atoms with E-state index in [0.29, 0.717) is 0 Å². The Labute approximate surface area is 171 Å². The molecule has 3 nitrogen and oxygen atoms in total. The van der Waals surface area contributed by atoms with Crippen LogP contribution in [0.3, 0.4) is 0 Å². The molecule has 28 heavy (non-hydrogen) atoms. The molecule has 0 N–H and O–H groups in total. The number of hydrogen-bond donors (Lipinski definition) is 0. The second-order valence-corrected chi connectivity index (χ2v) is 8.11. The van der Waals surface area contributed by atoms with Crippen molar-refractivity contribution in [2.75, 3.05) is 0 Å². The lowest BCUT2D eigenvalue weighted by Crippen LogP contribution is -2.00. The van der Waals surface area contributed by atoms with Crippen molar-refractivity contribution in [3.63, 3.8) is 0 Å². The SMILES string of the molecule is CCCCCCCCCCn1c2ccc(Cl)cc2c2nc3ccccc3nc21. The highest BCUT2D eigenvalue weighted by Gasteiger charge is 2.14. The summed E-state index contributed by atoms with van der Waals surface area (Å²) in [6.45, 7) is 3.24. The van der Waals surface area contributed by atoms with Gasteiger partial charge < -0.3 is 4.57 Å². The van der Waals surface area contributed by atoms with E-state index in [4.69, 9.17) is 21.6 Å². The van der Waals surface area contributed by atoms with Crippen molar-refractivity contribution in [3.05, 3.63) is 47.5 Å². The van der Waals surface area contributed by atoms with Crippen LogP contribution < -0.4 is 0 Å². The minimum absolute atomic E-state index is 0.744. The molecule has 0 saturated heterocycles. The second kappa shape index (κ2) is 8.91. The fourth-order valence-corrected chi connectivity index (χ4v) is 4.21. The molecule has 0 unspecified atom stereocenters. The van der Waals surface area contributed by atoms with E-state index in [-0.39, 0.29) is 0 Å². The highest BCUT2D eigenvalue weighted by atomic mass is 35.5. The second-order valence-electron chi connectivity index (χ2n) is 7.67. The normalized spacial score (nSPS) is 11.8. The Morgan fingerprint density at radius 2 is 1.50 bits per heavy atom. The molecule has 2 aromatic carbocycles. The number of rotatable bonds is 9. The zero-order valence-electron chi connectivity index (χ0n) is 16.6. The Morgan fingerprint density at radius 1 is 0.821 bits per heavy atom. The average Bonchev–Trinajstić information content (AvgIpc) is 3.00. The number of unbranched alkanes of at least 4 members (excludes halogenated alkanes) is 7. The van der Waals surface area contributed by atoms with Gasteiger partial charge in [-0.1, -0.05) is 75.6 Å². The van der Waals surface area contributed by atoms with Crippen LogP contribution in [-0.2, 0) is 6.54 Å². The Hall–Kier alpha value is -2.13. The molecule has 0 atom stereocenters. The lowest BCUT2D eigenvalue weighted by atomic mass is 10.1. The maximum Gasteiger partial charge on any atom is 0.160 e. The molecule has 4 heteroatoms. The maximum atomic E-state index is 6.29. The molecule has 0 spiro atoms. The number of para-hydroxylation sites is 2. The molecule has 0 radical (unpaired) electrons. The van der Waals surface area contributed by atoms with Gasteiger partial charge in [0.1, 0.15) is 5.52 Å². The van der Waals surface area contributed by atoms with Gasteiger partial charge >= 0.3 is 0 Å². The van der Waals surface area contributed by atoms with Gasteiger partial charge in [-0.3, -0.25) is 0 Å². The van der Waals surface area contributed by atoms with Crippen molar-refractivity contribution in [1.29, 1.82) is 0 Å². The van der Waals surface area contributed by atoms with Crippen LogP contribution in [0.5, 0.6) is 0 Å². The van der Waals surface area contributed by atoms with Crippen molar-refractivity contribution < 1.29 is 0 Å².